The Morgan fingerprint density at radius 2 is 1.89 bits per heavy atom. The van der Waals surface area contributed by atoms with Gasteiger partial charge in [0, 0.05) is 17.0 Å². The van der Waals surface area contributed by atoms with E-state index in [1.54, 1.807) is 37.8 Å². The summed E-state index contributed by atoms with van der Waals surface area (Å²) >= 11 is 1.22. The van der Waals surface area contributed by atoms with E-state index in [2.05, 4.69) is 10.3 Å². The van der Waals surface area contributed by atoms with Gasteiger partial charge in [0.1, 0.15) is 5.56 Å². The third-order valence-corrected chi connectivity index (χ3v) is 4.51. The SMILES string of the molecule is COc1ccc(-c2csc(NC(=O)c3ccccc3[N+](=O)[O-])n2)cc1OC. The van der Waals surface area contributed by atoms with E-state index in [9.17, 15) is 14.9 Å². The Morgan fingerprint density at radius 3 is 2.59 bits per heavy atom. The van der Waals surface area contributed by atoms with Crippen LogP contribution >= 0.6 is 11.3 Å². The predicted molar refractivity (Wildman–Crippen MR) is 102 cm³/mol. The number of nitrogens with one attached hydrogen (secondary N) is 1. The highest BCUT2D eigenvalue weighted by atomic mass is 32.1. The third kappa shape index (κ3) is 3.87. The Kier molecular flexibility index (Phi) is 5.32. The number of nitrogens with zero attached hydrogens (tertiary/aromatic N) is 2. The molecule has 0 unspecified atom stereocenters. The molecule has 3 aromatic rings. The van der Waals surface area contributed by atoms with Gasteiger partial charge in [-0.25, -0.2) is 4.98 Å². The van der Waals surface area contributed by atoms with Gasteiger partial charge in [0.2, 0.25) is 0 Å². The minimum absolute atomic E-state index is 0.0228. The molecule has 0 atom stereocenters. The van der Waals surface area contributed by atoms with E-state index >= 15 is 0 Å². The number of thiazole rings is 1. The number of anilines is 1. The number of para-hydroxylation sites is 1. The molecule has 0 spiro atoms. The number of hydrogen-bond donors (Lipinski definition) is 1. The summed E-state index contributed by atoms with van der Waals surface area (Å²) in [6.07, 6.45) is 0. The highest BCUT2D eigenvalue weighted by molar-refractivity contribution is 7.14. The lowest BCUT2D eigenvalue weighted by molar-refractivity contribution is -0.385. The van der Waals surface area contributed by atoms with E-state index in [1.165, 1.54) is 29.5 Å². The second-order valence-corrected chi connectivity index (χ2v) is 6.19. The summed E-state index contributed by atoms with van der Waals surface area (Å²) in [6.45, 7) is 0. The number of nitro groups is 1. The van der Waals surface area contributed by atoms with Gasteiger partial charge in [-0.05, 0) is 24.3 Å². The summed E-state index contributed by atoms with van der Waals surface area (Å²) in [5.41, 5.74) is 1.14. The van der Waals surface area contributed by atoms with Crippen LogP contribution < -0.4 is 14.8 Å². The number of benzene rings is 2. The van der Waals surface area contributed by atoms with Crippen LogP contribution in [0.4, 0.5) is 10.8 Å². The maximum absolute atomic E-state index is 12.4. The number of aromatic nitrogens is 1. The van der Waals surface area contributed by atoms with Crippen molar-refractivity contribution >= 4 is 28.1 Å². The Hall–Kier alpha value is -3.46. The minimum atomic E-state index is -0.591. The predicted octanol–water partition coefficient (Wildman–Crippen LogP) is 3.99. The van der Waals surface area contributed by atoms with Crippen molar-refractivity contribution in [3.05, 3.63) is 63.5 Å². The van der Waals surface area contributed by atoms with E-state index in [-0.39, 0.29) is 11.3 Å². The summed E-state index contributed by atoms with van der Waals surface area (Å²) in [5.74, 6) is 0.574. The van der Waals surface area contributed by atoms with Gasteiger partial charge in [-0.1, -0.05) is 12.1 Å². The van der Waals surface area contributed by atoms with Crippen molar-refractivity contribution in [2.75, 3.05) is 19.5 Å². The van der Waals surface area contributed by atoms with E-state index in [4.69, 9.17) is 9.47 Å². The number of nitro benzene ring substituents is 1. The monoisotopic (exact) mass is 385 g/mol. The second-order valence-electron chi connectivity index (χ2n) is 5.34. The first-order chi connectivity index (χ1) is 13.0. The molecule has 0 saturated carbocycles. The topological polar surface area (TPSA) is 104 Å². The summed E-state index contributed by atoms with van der Waals surface area (Å²) in [7, 11) is 3.10. The van der Waals surface area contributed by atoms with Crippen molar-refractivity contribution in [1.82, 2.24) is 4.98 Å². The average Bonchev–Trinajstić information content (AvgIpc) is 3.15. The number of carbonyl (C=O) groups is 1. The summed E-state index contributed by atoms with van der Waals surface area (Å²) in [4.78, 5) is 27.2. The first kappa shape index (κ1) is 18.3. The fourth-order valence-electron chi connectivity index (χ4n) is 2.45. The molecule has 0 aliphatic heterocycles. The standard InChI is InChI=1S/C18H15N3O5S/c1-25-15-8-7-11(9-16(15)26-2)13-10-27-18(19-13)20-17(22)12-5-3-4-6-14(12)21(23)24/h3-10H,1-2H3,(H,19,20,22). The molecule has 2 aromatic carbocycles. The largest absolute Gasteiger partial charge is 0.493 e. The van der Waals surface area contributed by atoms with Gasteiger partial charge in [-0.15, -0.1) is 11.3 Å². The zero-order chi connectivity index (χ0) is 19.4. The molecule has 1 amide bonds. The molecule has 0 aliphatic rings. The van der Waals surface area contributed by atoms with E-state index in [1.807, 2.05) is 6.07 Å². The van der Waals surface area contributed by atoms with Gasteiger partial charge in [0.15, 0.2) is 16.6 Å². The summed E-state index contributed by atoms with van der Waals surface area (Å²) in [5, 5.41) is 15.8. The number of carbonyl (C=O) groups excluding carboxylic acids is 1. The Balaban J connectivity index is 1.83. The molecule has 0 saturated heterocycles. The Bertz CT molecular complexity index is 1000. The molecule has 9 heteroatoms. The van der Waals surface area contributed by atoms with Gasteiger partial charge >= 0.3 is 0 Å². The maximum Gasteiger partial charge on any atom is 0.282 e. The molecule has 3 rings (SSSR count). The minimum Gasteiger partial charge on any atom is -0.493 e. The van der Waals surface area contributed by atoms with Crippen LogP contribution in [0, 0.1) is 10.1 Å². The van der Waals surface area contributed by atoms with Crippen LogP contribution in [-0.4, -0.2) is 30.0 Å². The highest BCUT2D eigenvalue weighted by Crippen LogP contribution is 2.33. The molecule has 8 nitrogen and oxygen atoms in total. The molecule has 0 aliphatic carbocycles. The van der Waals surface area contributed by atoms with Crippen LogP contribution in [0.2, 0.25) is 0 Å². The maximum atomic E-state index is 12.4. The summed E-state index contributed by atoms with van der Waals surface area (Å²) < 4.78 is 10.5. The van der Waals surface area contributed by atoms with E-state index < -0.39 is 10.8 Å². The fraction of sp³-hybridized carbons (Fsp3) is 0.111. The molecule has 0 fully saturated rings. The summed E-state index contributed by atoms with van der Waals surface area (Å²) in [6, 6.07) is 11.1. The van der Waals surface area contributed by atoms with Crippen LogP contribution in [-0.2, 0) is 0 Å². The zero-order valence-electron chi connectivity index (χ0n) is 14.5. The smallest absolute Gasteiger partial charge is 0.282 e. The van der Waals surface area contributed by atoms with Crippen molar-refractivity contribution in [1.29, 1.82) is 0 Å². The van der Waals surface area contributed by atoms with Gasteiger partial charge in [0.05, 0.1) is 24.8 Å². The van der Waals surface area contributed by atoms with Gasteiger partial charge in [-0.2, -0.15) is 0 Å². The first-order valence-electron chi connectivity index (χ1n) is 7.76. The lowest BCUT2D eigenvalue weighted by Gasteiger charge is -2.08. The molecule has 1 aromatic heterocycles. The van der Waals surface area contributed by atoms with E-state index in [0.717, 1.165) is 5.56 Å². The van der Waals surface area contributed by atoms with Crippen molar-refractivity contribution < 1.29 is 19.2 Å². The van der Waals surface area contributed by atoms with Crippen molar-refractivity contribution in [3.8, 4) is 22.8 Å². The number of rotatable bonds is 6. The van der Waals surface area contributed by atoms with Crippen molar-refractivity contribution in [3.63, 3.8) is 0 Å². The Labute approximate surface area is 158 Å². The third-order valence-electron chi connectivity index (χ3n) is 3.75. The fourth-order valence-corrected chi connectivity index (χ4v) is 3.16. The average molecular weight is 385 g/mol. The highest BCUT2D eigenvalue weighted by Gasteiger charge is 2.20. The molecule has 138 valence electrons. The molecule has 27 heavy (non-hydrogen) atoms. The molecule has 0 bridgehead atoms. The molecule has 0 radical (unpaired) electrons. The van der Waals surface area contributed by atoms with Crippen molar-refractivity contribution in [2.24, 2.45) is 0 Å². The number of methoxy groups -OCH3 is 2. The van der Waals surface area contributed by atoms with E-state index in [0.29, 0.717) is 22.3 Å². The number of hydrogen-bond acceptors (Lipinski definition) is 7. The van der Waals surface area contributed by atoms with Crippen LogP contribution in [0.1, 0.15) is 10.4 Å². The Morgan fingerprint density at radius 1 is 1.15 bits per heavy atom. The molecular formula is C18H15N3O5S. The quantitative estimate of drug-likeness (QED) is 0.508. The van der Waals surface area contributed by atoms with Gasteiger partial charge in [-0.3, -0.25) is 20.2 Å². The van der Waals surface area contributed by atoms with Crippen LogP contribution in [0.15, 0.2) is 47.8 Å². The normalized spacial score (nSPS) is 10.3. The lowest BCUT2D eigenvalue weighted by Crippen LogP contribution is -2.13. The molecule has 1 heterocycles. The second kappa shape index (κ2) is 7.83. The number of ether oxygens (including phenoxy) is 2. The molecule has 1 N–H and O–H groups in total. The molecular weight excluding hydrogens is 370 g/mol. The number of amides is 1. The zero-order valence-corrected chi connectivity index (χ0v) is 15.3. The lowest BCUT2D eigenvalue weighted by atomic mass is 10.1. The van der Waals surface area contributed by atoms with Gasteiger partial charge < -0.3 is 9.47 Å². The van der Waals surface area contributed by atoms with Crippen LogP contribution in [0.3, 0.4) is 0 Å². The van der Waals surface area contributed by atoms with Crippen LogP contribution in [0.5, 0.6) is 11.5 Å². The van der Waals surface area contributed by atoms with Crippen molar-refractivity contribution in [2.45, 2.75) is 0 Å². The first-order valence-corrected chi connectivity index (χ1v) is 8.64. The van der Waals surface area contributed by atoms with Crippen LogP contribution in [0.25, 0.3) is 11.3 Å². The van der Waals surface area contributed by atoms with Gasteiger partial charge in [0.25, 0.3) is 11.6 Å².